The fraction of sp³-hybridized carbons (Fsp3) is 0. The van der Waals surface area contributed by atoms with Gasteiger partial charge in [0.15, 0.2) is 0 Å². The molecule has 8 rings (SSSR count). The molecule has 39 heavy (non-hydrogen) atoms. The summed E-state index contributed by atoms with van der Waals surface area (Å²) in [5.74, 6) is 0. The van der Waals surface area contributed by atoms with Gasteiger partial charge in [-0.25, -0.2) is 0 Å². The van der Waals surface area contributed by atoms with E-state index >= 15 is 0 Å². The minimum Gasteiger partial charge on any atom is -0.309 e. The molecular formula is C36H23N3. The fourth-order valence-corrected chi connectivity index (χ4v) is 5.86. The molecule has 0 fully saturated rings. The van der Waals surface area contributed by atoms with Crippen LogP contribution in [-0.2, 0) is 0 Å². The fourth-order valence-electron chi connectivity index (χ4n) is 5.86. The lowest BCUT2D eigenvalue weighted by molar-refractivity contribution is 1.19. The van der Waals surface area contributed by atoms with Gasteiger partial charge in [-0.3, -0.25) is 9.97 Å². The van der Waals surface area contributed by atoms with E-state index in [2.05, 4.69) is 124 Å². The van der Waals surface area contributed by atoms with Crippen LogP contribution in [0.4, 0.5) is 0 Å². The summed E-state index contributed by atoms with van der Waals surface area (Å²) >= 11 is 0. The van der Waals surface area contributed by atoms with Crippen LogP contribution in [0.5, 0.6) is 0 Å². The molecule has 182 valence electrons. The van der Waals surface area contributed by atoms with Crippen LogP contribution in [0.1, 0.15) is 0 Å². The van der Waals surface area contributed by atoms with Crippen molar-refractivity contribution < 1.29 is 0 Å². The van der Waals surface area contributed by atoms with Gasteiger partial charge in [-0.1, -0.05) is 72.8 Å². The van der Waals surface area contributed by atoms with Crippen LogP contribution in [0, 0.1) is 0 Å². The van der Waals surface area contributed by atoms with Crippen molar-refractivity contribution in [3.05, 3.63) is 140 Å². The lowest BCUT2D eigenvalue weighted by Gasteiger charge is -2.12. The monoisotopic (exact) mass is 497 g/mol. The van der Waals surface area contributed by atoms with Gasteiger partial charge in [0.2, 0.25) is 0 Å². The Morgan fingerprint density at radius 1 is 0.436 bits per heavy atom. The number of hydrogen-bond acceptors (Lipinski definition) is 2. The molecule has 3 aromatic heterocycles. The van der Waals surface area contributed by atoms with Crippen molar-refractivity contribution in [2.24, 2.45) is 0 Å². The zero-order valence-corrected chi connectivity index (χ0v) is 21.1. The van der Waals surface area contributed by atoms with E-state index in [1.54, 1.807) is 0 Å². The molecule has 0 N–H and O–H groups in total. The molecule has 0 saturated carbocycles. The maximum Gasteiger partial charge on any atom is 0.0619 e. The normalized spacial score (nSPS) is 11.6. The van der Waals surface area contributed by atoms with Crippen molar-refractivity contribution in [3.8, 4) is 27.9 Å². The predicted octanol–water partition coefficient (Wildman–Crippen LogP) is 9.21. The zero-order chi connectivity index (χ0) is 25.8. The van der Waals surface area contributed by atoms with Crippen LogP contribution in [0.15, 0.2) is 140 Å². The molecule has 3 heteroatoms. The molecule has 5 aromatic carbocycles. The molecule has 3 nitrogen and oxygen atoms in total. The van der Waals surface area contributed by atoms with Crippen LogP contribution in [-0.4, -0.2) is 14.5 Å². The Morgan fingerprint density at radius 2 is 1.21 bits per heavy atom. The van der Waals surface area contributed by atoms with Gasteiger partial charge in [0.25, 0.3) is 0 Å². The summed E-state index contributed by atoms with van der Waals surface area (Å²) < 4.78 is 2.44. The van der Waals surface area contributed by atoms with Crippen molar-refractivity contribution in [1.29, 1.82) is 0 Å². The van der Waals surface area contributed by atoms with Crippen LogP contribution >= 0.6 is 0 Å². The minimum atomic E-state index is 1.11. The molecule has 8 aromatic rings. The van der Waals surface area contributed by atoms with Gasteiger partial charge in [0, 0.05) is 52.2 Å². The Bertz CT molecular complexity index is 2160. The molecule has 0 spiro atoms. The average Bonchev–Trinajstić information content (AvgIpc) is 3.35. The molecule has 0 unspecified atom stereocenters. The van der Waals surface area contributed by atoms with E-state index in [0.717, 1.165) is 16.8 Å². The number of pyridine rings is 2. The average molecular weight is 498 g/mol. The van der Waals surface area contributed by atoms with Gasteiger partial charge in [0.1, 0.15) is 0 Å². The Kier molecular flexibility index (Phi) is 4.82. The molecule has 0 aliphatic carbocycles. The van der Waals surface area contributed by atoms with Crippen molar-refractivity contribution in [1.82, 2.24) is 14.5 Å². The van der Waals surface area contributed by atoms with Crippen LogP contribution in [0.3, 0.4) is 0 Å². The van der Waals surface area contributed by atoms with E-state index in [9.17, 15) is 0 Å². The maximum atomic E-state index is 4.36. The summed E-state index contributed by atoms with van der Waals surface area (Å²) in [7, 11) is 0. The lowest BCUT2D eigenvalue weighted by Crippen LogP contribution is -1.95. The summed E-state index contributed by atoms with van der Waals surface area (Å²) in [5.41, 5.74) is 8.20. The smallest absolute Gasteiger partial charge is 0.0619 e. The van der Waals surface area contributed by atoms with E-state index in [1.807, 2.05) is 30.9 Å². The van der Waals surface area contributed by atoms with E-state index in [0.29, 0.717) is 0 Å². The van der Waals surface area contributed by atoms with Crippen molar-refractivity contribution in [3.63, 3.8) is 0 Å². The molecule has 0 saturated heterocycles. The lowest BCUT2D eigenvalue weighted by atomic mass is 9.99. The topological polar surface area (TPSA) is 30.7 Å². The Morgan fingerprint density at radius 3 is 2.05 bits per heavy atom. The van der Waals surface area contributed by atoms with Crippen LogP contribution < -0.4 is 0 Å². The number of nitrogens with zero attached hydrogens (tertiary/aromatic N) is 3. The second kappa shape index (κ2) is 8.64. The van der Waals surface area contributed by atoms with Gasteiger partial charge < -0.3 is 4.57 Å². The molecule has 0 amide bonds. The van der Waals surface area contributed by atoms with E-state index in [-0.39, 0.29) is 0 Å². The molecular weight excluding hydrogens is 474 g/mol. The van der Waals surface area contributed by atoms with Crippen molar-refractivity contribution in [2.45, 2.75) is 0 Å². The Labute approximate surface area is 225 Å². The summed E-state index contributed by atoms with van der Waals surface area (Å²) in [6.07, 6.45) is 7.45. The first-order valence-electron chi connectivity index (χ1n) is 13.1. The first kappa shape index (κ1) is 21.8. The Hall–Kier alpha value is -5.28. The van der Waals surface area contributed by atoms with Gasteiger partial charge in [0.05, 0.1) is 11.0 Å². The molecule has 0 radical (unpaired) electrons. The number of fused-ring (bicyclic) bond motifs is 6. The largest absolute Gasteiger partial charge is 0.309 e. The second-order valence-corrected chi connectivity index (χ2v) is 9.97. The molecule has 0 aliphatic heterocycles. The van der Waals surface area contributed by atoms with E-state index in [4.69, 9.17) is 0 Å². The van der Waals surface area contributed by atoms with Gasteiger partial charge in [-0.2, -0.15) is 0 Å². The SMILES string of the molecule is c1cncc(-c2ccc3c4ccc5cc(-c6ccncc6)ccc5c4n(-c4ccc5ccccc5c4)c3c2)c1. The summed E-state index contributed by atoms with van der Waals surface area (Å²) in [6.45, 7) is 0. The molecule has 0 bridgehead atoms. The third-order valence-corrected chi connectivity index (χ3v) is 7.74. The first-order chi connectivity index (χ1) is 19.3. The number of rotatable bonds is 3. The van der Waals surface area contributed by atoms with Crippen molar-refractivity contribution in [2.75, 3.05) is 0 Å². The van der Waals surface area contributed by atoms with E-state index < -0.39 is 0 Å². The van der Waals surface area contributed by atoms with Gasteiger partial charge >= 0.3 is 0 Å². The van der Waals surface area contributed by atoms with E-state index in [1.165, 1.54) is 54.5 Å². The zero-order valence-electron chi connectivity index (χ0n) is 21.1. The standard InChI is InChI=1S/C36H23N3/c1-2-5-26-21-31(11-7-24(26)4-1)39-35-22-28(30-6-3-17-38-23-30)9-13-33(35)34-14-10-29-20-27(8-12-32(29)36(34)39)25-15-18-37-19-16-25/h1-23H. The summed E-state index contributed by atoms with van der Waals surface area (Å²) in [5, 5.41) is 7.41. The second-order valence-electron chi connectivity index (χ2n) is 9.97. The number of benzene rings is 5. The number of hydrogen-bond donors (Lipinski definition) is 0. The van der Waals surface area contributed by atoms with Crippen LogP contribution in [0.2, 0.25) is 0 Å². The third kappa shape index (κ3) is 3.52. The summed E-state index contributed by atoms with van der Waals surface area (Å²) in [4.78, 5) is 8.55. The van der Waals surface area contributed by atoms with Gasteiger partial charge in [-0.05, 0) is 75.3 Å². The third-order valence-electron chi connectivity index (χ3n) is 7.74. The maximum absolute atomic E-state index is 4.36. The molecule has 3 heterocycles. The van der Waals surface area contributed by atoms with Crippen molar-refractivity contribution >= 4 is 43.4 Å². The molecule has 0 aliphatic rings. The van der Waals surface area contributed by atoms with Crippen LogP contribution in [0.25, 0.3) is 71.3 Å². The highest BCUT2D eigenvalue weighted by Crippen LogP contribution is 2.39. The van der Waals surface area contributed by atoms with Gasteiger partial charge in [-0.15, -0.1) is 0 Å². The Balaban J connectivity index is 1.47. The quantitative estimate of drug-likeness (QED) is 0.244. The minimum absolute atomic E-state index is 1.11. The highest BCUT2D eigenvalue weighted by atomic mass is 15.0. The number of aromatic nitrogens is 3. The highest BCUT2D eigenvalue weighted by Gasteiger charge is 2.17. The first-order valence-corrected chi connectivity index (χ1v) is 13.1. The highest BCUT2D eigenvalue weighted by molar-refractivity contribution is 6.19. The summed E-state index contributed by atoms with van der Waals surface area (Å²) in [6, 6.07) is 41.6. The predicted molar refractivity (Wildman–Crippen MR) is 162 cm³/mol. The molecule has 0 atom stereocenters.